The van der Waals surface area contributed by atoms with Gasteiger partial charge in [0.25, 0.3) is 0 Å². The maximum Gasteiger partial charge on any atom is 0.244 e. The number of para-hydroxylation sites is 2. The molecule has 0 saturated heterocycles. The molecule has 1 aliphatic rings. The lowest BCUT2D eigenvalue weighted by Crippen LogP contribution is -2.42. The summed E-state index contributed by atoms with van der Waals surface area (Å²) in [4.78, 5) is 26.1. The second-order valence-corrected chi connectivity index (χ2v) is 9.11. The van der Waals surface area contributed by atoms with Crippen LogP contribution in [-0.2, 0) is 19.6 Å². The molecule has 0 fully saturated rings. The number of amides is 2. The smallest absolute Gasteiger partial charge is 0.244 e. The molecular formula is C21H25N3O4S. The van der Waals surface area contributed by atoms with Crippen LogP contribution in [0.2, 0.25) is 0 Å². The summed E-state index contributed by atoms with van der Waals surface area (Å²) in [5, 5.41) is 2.75. The van der Waals surface area contributed by atoms with Crippen molar-refractivity contribution in [3.8, 4) is 0 Å². The first-order valence-corrected chi connectivity index (χ1v) is 11.3. The number of sulfonamides is 1. The summed E-state index contributed by atoms with van der Waals surface area (Å²) in [5.41, 5.74) is 3.79. The molecule has 3 rings (SSSR count). The second-order valence-electron chi connectivity index (χ2n) is 7.20. The highest BCUT2D eigenvalue weighted by atomic mass is 32.2. The molecule has 1 aliphatic heterocycles. The number of benzene rings is 2. The molecule has 0 saturated carbocycles. The van der Waals surface area contributed by atoms with Gasteiger partial charge in [-0.05, 0) is 49.6 Å². The summed E-state index contributed by atoms with van der Waals surface area (Å²) < 4.78 is 26.1. The van der Waals surface area contributed by atoms with Crippen LogP contribution in [-0.4, -0.2) is 39.6 Å². The number of carbonyl (C=O) groups excluding carboxylic acids is 2. The molecule has 8 heteroatoms. The molecule has 154 valence electrons. The zero-order chi connectivity index (χ0) is 21.2. The van der Waals surface area contributed by atoms with E-state index in [1.54, 1.807) is 24.3 Å². The minimum Gasteiger partial charge on any atom is -0.323 e. The van der Waals surface area contributed by atoms with Gasteiger partial charge in [-0.3, -0.25) is 13.9 Å². The van der Waals surface area contributed by atoms with Crippen LogP contribution in [0.5, 0.6) is 0 Å². The average Bonchev–Trinajstić information content (AvgIpc) is 2.66. The monoisotopic (exact) mass is 415 g/mol. The van der Waals surface area contributed by atoms with Gasteiger partial charge in [0.1, 0.15) is 6.54 Å². The summed E-state index contributed by atoms with van der Waals surface area (Å²) in [7, 11) is -3.49. The minimum absolute atomic E-state index is 0.0391. The molecule has 29 heavy (non-hydrogen) atoms. The topological polar surface area (TPSA) is 86.8 Å². The van der Waals surface area contributed by atoms with Crippen molar-refractivity contribution in [1.29, 1.82) is 0 Å². The van der Waals surface area contributed by atoms with Gasteiger partial charge in [-0.2, -0.15) is 0 Å². The van der Waals surface area contributed by atoms with Gasteiger partial charge in [-0.25, -0.2) is 8.42 Å². The van der Waals surface area contributed by atoms with Crippen LogP contribution < -0.4 is 14.5 Å². The van der Waals surface area contributed by atoms with Crippen LogP contribution in [0.25, 0.3) is 0 Å². The lowest BCUT2D eigenvalue weighted by molar-refractivity contribution is -0.121. The summed E-state index contributed by atoms with van der Waals surface area (Å²) in [6.45, 7) is 3.97. The van der Waals surface area contributed by atoms with E-state index in [9.17, 15) is 18.0 Å². The SMILES string of the molecule is Cc1cccc(N(CCCC(=O)N2CC(=O)Nc3ccccc32)S(C)(=O)=O)c1C. The Morgan fingerprint density at radius 1 is 1.14 bits per heavy atom. The van der Waals surface area contributed by atoms with Gasteiger partial charge in [-0.15, -0.1) is 0 Å². The molecule has 0 spiro atoms. The van der Waals surface area contributed by atoms with Gasteiger partial charge in [0.2, 0.25) is 21.8 Å². The zero-order valence-electron chi connectivity index (χ0n) is 16.8. The maximum atomic E-state index is 12.8. The number of anilines is 3. The third-order valence-corrected chi connectivity index (χ3v) is 6.25. The normalized spacial score (nSPS) is 13.6. The van der Waals surface area contributed by atoms with Gasteiger partial charge in [-0.1, -0.05) is 24.3 Å². The lowest BCUT2D eigenvalue weighted by Gasteiger charge is -2.29. The Hall–Kier alpha value is -2.87. The van der Waals surface area contributed by atoms with E-state index in [-0.39, 0.29) is 31.3 Å². The molecule has 1 N–H and O–H groups in total. The highest BCUT2D eigenvalue weighted by Gasteiger charge is 2.27. The Bertz CT molecular complexity index is 1050. The van der Waals surface area contributed by atoms with Crippen LogP contribution >= 0.6 is 0 Å². The van der Waals surface area contributed by atoms with E-state index in [1.165, 1.54) is 15.5 Å². The molecule has 2 aromatic carbocycles. The van der Waals surface area contributed by atoms with E-state index in [0.29, 0.717) is 23.5 Å². The van der Waals surface area contributed by atoms with Crippen molar-refractivity contribution < 1.29 is 18.0 Å². The molecule has 2 aromatic rings. The van der Waals surface area contributed by atoms with E-state index in [4.69, 9.17) is 0 Å². The number of nitrogens with zero attached hydrogens (tertiary/aromatic N) is 2. The Morgan fingerprint density at radius 2 is 1.86 bits per heavy atom. The van der Waals surface area contributed by atoms with E-state index < -0.39 is 10.0 Å². The first kappa shape index (κ1) is 20.9. The molecule has 0 radical (unpaired) electrons. The van der Waals surface area contributed by atoms with Crippen molar-refractivity contribution in [2.24, 2.45) is 0 Å². The first-order chi connectivity index (χ1) is 13.7. The predicted molar refractivity (Wildman–Crippen MR) is 115 cm³/mol. The Labute approximate surface area is 171 Å². The molecule has 2 amide bonds. The Kier molecular flexibility index (Phi) is 5.93. The third-order valence-electron chi connectivity index (χ3n) is 5.07. The Morgan fingerprint density at radius 3 is 2.59 bits per heavy atom. The zero-order valence-corrected chi connectivity index (χ0v) is 17.6. The van der Waals surface area contributed by atoms with Crippen molar-refractivity contribution >= 4 is 38.9 Å². The first-order valence-electron chi connectivity index (χ1n) is 9.41. The number of hydrogen-bond donors (Lipinski definition) is 1. The lowest BCUT2D eigenvalue weighted by atomic mass is 10.1. The number of hydrogen-bond acceptors (Lipinski definition) is 4. The highest BCUT2D eigenvalue weighted by Crippen LogP contribution is 2.30. The van der Waals surface area contributed by atoms with Gasteiger partial charge < -0.3 is 10.2 Å². The van der Waals surface area contributed by atoms with E-state index in [0.717, 1.165) is 11.1 Å². The van der Waals surface area contributed by atoms with Gasteiger partial charge >= 0.3 is 0 Å². The van der Waals surface area contributed by atoms with Gasteiger partial charge in [0.15, 0.2) is 0 Å². The molecule has 0 aromatic heterocycles. The quantitative estimate of drug-likeness (QED) is 0.786. The number of aryl methyl sites for hydroxylation is 1. The Balaban J connectivity index is 1.73. The fraction of sp³-hybridized carbons (Fsp3) is 0.333. The van der Waals surface area contributed by atoms with Crippen LogP contribution in [0.1, 0.15) is 24.0 Å². The number of nitrogens with one attached hydrogen (secondary N) is 1. The van der Waals surface area contributed by atoms with Crippen molar-refractivity contribution in [2.45, 2.75) is 26.7 Å². The van der Waals surface area contributed by atoms with Crippen molar-refractivity contribution in [1.82, 2.24) is 0 Å². The fourth-order valence-corrected chi connectivity index (χ4v) is 4.45. The van der Waals surface area contributed by atoms with Crippen molar-refractivity contribution in [3.05, 3.63) is 53.6 Å². The standard InChI is InChI=1S/C21H25N3O4S/c1-15-8-6-11-18(16(15)2)24(29(3,27)28)13-7-12-21(26)23-14-20(25)22-17-9-4-5-10-19(17)23/h4-6,8-11H,7,12-14H2,1-3H3,(H,22,25). The van der Waals surface area contributed by atoms with E-state index in [1.807, 2.05) is 32.0 Å². The van der Waals surface area contributed by atoms with Gasteiger partial charge in [0, 0.05) is 13.0 Å². The molecular weight excluding hydrogens is 390 g/mol. The van der Waals surface area contributed by atoms with E-state index >= 15 is 0 Å². The van der Waals surface area contributed by atoms with Crippen molar-refractivity contribution in [3.63, 3.8) is 0 Å². The largest absolute Gasteiger partial charge is 0.323 e. The van der Waals surface area contributed by atoms with Crippen LogP contribution in [0.4, 0.5) is 17.1 Å². The predicted octanol–water partition coefficient (Wildman–Crippen LogP) is 2.83. The van der Waals surface area contributed by atoms with E-state index in [2.05, 4.69) is 5.32 Å². The fourth-order valence-electron chi connectivity index (χ4n) is 3.44. The van der Waals surface area contributed by atoms with Crippen LogP contribution in [0.3, 0.4) is 0 Å². The summed E-state index contributed by atoms with van der Waals surface area (Å²) in [6.07, 6.45) is 1.65. The average molecular weight is 416 g/mol. The van der Waals surface area contributed by atoms with Crippen molar-refractivity contribution in [2.75, 3.05) is 33.9 Å². The molecule has 7 nitrogen and oxygen atoms in total. The number of rotatable bonds is 6. The van der Waals surface area contributed by atoms with Crippen LogP contribution in [0, 0.1) is 13.8 Å². The molecule has 0 unspecified atom stereocenters. The number of fused-ring (bicyclic) bond motifs is 1. The van der Waals surface area contributed by atoms with Crippen LogP contribution in [0.15, 0.2) is 42.5 Å². The summed E-state index contributed by atoms with van der Waals surface area (Å²) >= 11 is 0. The summed E-state index contributed by atoms with van der Waals surface area (Å²) in [5.74, 6) is -0.452. The molecule has 1 heterocycles. The molecule has 0 atom stereocenters. The summed E-state index contributed by atoms with van der Waals surface area (Å²) in [6, 6.07) is 12.7. The second kappa shape index (κ2) is 8.24. The third kappa shape index (κ3) is 4.59. The molecule has 0 bridgehead atoms. The number of carbonyl (C=O) groups is 2. The maximum absolute atomic E-state index is 12.8. The highest BCUT2D eigenvalue weighted by molar-refractivity contribution is 7.92. The minimum atomic E-state index is -3.49. The molecule has 0 aliphatic carbocycles. The van der Waals surface area contributed by atoms with Gasteiger partial charge in [0.05, 0.1) is 23.3 Å².